The lowest BCUT2D eigenvalue weighted by Crippen LogP contribution is -2.29. The lowest BCUT2D eigenvalue weighted by molar-refractivity contribution is 0.232. The quantitative estimate of drug-likeness (QED) is 0.833. The van der Waals surface area contributed by atoms with E-state index in [1.807, 2.05) is 24.7 Å². The number of nitrogens with zero attached hydrogens (tertiary/aromatic N) is 3. The predicted octanol–water partition coefficient (Wildman–Crippen LogP) is 3.07. The fourth-order valence-electron chi connectivity index (χ4n) is 3.01. The van der Waals surface area contributed by atoms with Gasteiger partial charge in [0, 0.05) is 31.2 Å². The van der Waals surface area contributed by atoms with Crippen LogP contribution in [0.25, 0.3) is 0 Å². The SMILES string of the molecule is c1ccc(CN2CCC[C@@H]2CCc2ccncc2)nc1. The molecule has 0 aromatic carbocycles. The summed E-state index contributed by atoms with van der Waals surface area (Å²) >= 11 is 0. The van der Waals surface area contributed by atoms with Gasteiger partial charge >= 0.3 is 0 Å². The molecule has 3 heteroatoms. The Balaban J connectivity index is 1.56. The summed E-state index contributed by atoms with van der Waals surface area (Å²) in [6.45, 7) is 2.19. The summed E-state index contributed by atoms with van der Waals surface area (Å²) < 4.78 is 0. The molecule has 1 aliphatic heterocycles. The molecule has 104 valence electrons. The van der Waals surface area contributed by atoms with Crippen LogP contribution in [-0.4, -0.2) is 27.5 Å². The van der Waals surface area contributed by atoms with Crippen LogP contribution in [0.3, 0.4) is 0 Å². The molecule has 0 spiro atoms. The fraction of sp³-hybridized carbons (Fsp3) is 0.412. The van der Waals surface area contributed by atoms with Crippen LogP contribution in [0.1, 0.15) is 30.5 Å². The first-order valence-corrected chi connectivity index (χ1v) is 7.45. The van der Waals surface area contributed by atoms with Crippen molar-refractivity contribution in [2.45, 2.75) is 38.3 Å². The van der Waals surface area contributed by atoms with Gasteiger partial charge in [-0.15, -0.1) is 0 Å². The summed E-state index contributed by atoms with van der Waals surface area (Å²) in [5.74, 6) is 0. The second-order valence-electron chi connectivity index (χ2n) is 5.48. The maximum Gasteiger partial charge on any atom is 0.0544 e. The van der Waals surface area contributed by atoms with Gasteiger partial charge in [0.2, 0.25) is 0 Å². The lowest BCUT2D eigenvalue weighted by Gasteiger charge is -2.24. The van der Waals surface area contributed by atoms with Crippen LogP contribution in [0.5, 0.6) is 0 Å². The molecular formula is C17H21N3. The van der Waals surface area contributed by atoms with Crippen LogP contribution in [0.15, 0.2) is 48.9 Å². The van der Waals surface area contributed by atoms with E-state index in [-0.39, 0.29) is 0 Å². The Kier molecular flexibility index (Phi) is 4.38. The second-order valence-corrected chi connectivity index (χ2v) is 5.48. The number of aromatic nitrogens is 2. The summed E-state index contributed by atoms with van der Waals surface area (Å²) in [5, 5.41) is 0. The van der Waals surface area contributed by atoms with Gasteiger partial charge in [0.25, 0.3) is 0 Å². The van der Waals surface area contributed by atoms with Crippen molar-refractivity contribution >= 4 is 0 Å². The zero-order chi connectivity index (χ0) is 13.6. The molecular weight excluding hydrogens is 246 g/mol. The van der Waals surface area contributed by atoms with Gasteiger partial charge in [0.15, 0.2) is 0 Å². The smallest absolute Gasteiger partial charge is 0.0544 e. The summed E-state index contributed by atoms with van der Waals surface area (Å²) in [5.41, 5.74) is 2.58. The normalized spacial score (nSPS) is 19.3. The molecule has 0 bridgehead atoms. The number of rotatable bonds is 5. The van der Waals surface area contributed by atoms with Crippen LogP contribution in [0.2, 0.25) is 0 Å². The van der Waals surface area contributed by atoms with Crippen molar-refractivity contribution < 1.29 is 0 Å². The van der Waals surface area contributed by atoms with Gasteiger partial charge in [-0.05, 0) is 62.1 Å². The molecule has 2 aromatic rings. The molecule has 3 heterocycles. The van der Waals surface area contributed by atoms with Gasteiger partial charge in [-0.2, -0.15) is 0 Å². The largest absolute Gasteiger partial charge is 0.295 e. The molecule has 3 rings (SSSR count). The molecule has 1 atom stereocenters. The van der Waals surface area contributed by atoms with Crippen LogP contribution in [-0.2, 0) is 13.0 Å². The maximum atomic E-state index is 4.45. The molecule has 0 N–H and O–H groups in total. The number of hydrogen-bond donors (Lipinski definition) is 0. The summed E-state index contributed by atoms with van der Waals surface area (Å²) in [4.78, 5) is 11.1. The summed E-state index contributed by atoms with van der Waals surface area (Å²) in [6, 6.07) is 11.1. The van der Waals surface area contributed by atoms with Gasteiger partial charge in [-0.25, -0.2) is 0 Å². The lowest BCUT2D eigenvalue weighted by atomic mass is 10.0. The van der Waals surface area contributed by atoms with E-state index in [9.17, 15) is 0 Å². The Hall–Kier alpha value is -1.74. The van der Waals surface area contributed by atoms with Crippen LogP contribution in [0.4, 0.5) is 0 Å². The standard InChI is InChI=1S/C17H21N3/c1-2-10-19-16(4-1)14-20-13-3-5-17(20)7-6-15-8-11-18-12-9-15/h1-2,4,8-12,17H,3,5-7,13-14H2/t17-/m1/s1. The molecule has 0 unspecified atom stereocenters. The van der Waals surface area contributed by atoms with E-state index >= 15 is 0 Å². The van der Waals surface area contributed by atoms with E-state index in [2.05, 4.69) is 39.1 Å². The molecule has 0 aliphatic carbocycles. The van der Waals surface area contributed by atoms with E-state index < -0.39 is 0 Å². The van der Waals surface area contributed by atoms with Crippen molar-refractivity contribution in [3.05, 3.63) is 60.2 Å². The van der Waals surface area contributed by atoms with Gasteiger partial charge in [0.05, 0.1) is 5.69 Å². The Morgan fingerprint density at radius 1 is 1.10 bits per heavy atom. The topological polar surface area (TPSA) is 29.0 Å². The van der Waals surface area contributed by atoms with E-state index in [1.165, 1.54) is 37.1 Å². The molecule has 1 saturated heterocycles. The highest BCUT2D eigenvalue weighted by atomic mass is 15.2. The number of aryl methyl sites for hydroxylation is 1. The third-order valence-corrected chi connectivity index (χ3v) is 4.11. The van der Waals surface area contributed by atoms with Crippen molar-refractivity contribution in [1.82, 2.24) is 14.9 Å². The highest BCUT2D eigenvalue weighted by molar-refractivity contribution is 5.10. The third kappa shape index (κ3) is 3.42. The van der Waals surface area contributed by atoms with E-state index in [4.69, 9.17) is 0 Å². The minimum atomic E-state index is 0.699. The predicted molar refractivity (Wildman–Crippen MR) is 80.2 cm³/mol. The van der Waals surface area contributed by atoms with Gasteiger partial charge in [0.1, 0.15) is 0 Å². The zero-order valence-corrected chi connectivity index (χ0v) is 11.8. The highest BCUT2D eigenvalue weighted by Gasteiger charge is 2.24. The minimum absolute atomic E-state index is 0.699. The average molecular weight is 267 g/mol. The van der Waals surface area contributed by atoms with E-state index in [1.54, 1.807) is 0 Å². The zero-order valence-electron chi connectivity index (χ0n) is 11.8. The van der Waals surface area contributed by atoms with Gasteiger partial charge < -0.3 is 0 Å². The van der Waals surface area contributed by atoms with E-state index in [0.29, 0.717) is 6.04 Å². The molecule has 3 nitrogen and oxygen atoms in total. The van der Waals surface area contributed by atoms with Gasteiger partial charge in [-0.3, -0.25) is 14.9 Å². The molecule has 1 aliphatic rings. The van der Waals surface area contributed by atoms with Crippen LogP contribution < -0.4 is 0 Å². The third-order valence-electron chi connectivity index (χ3n) is 4.11. The molecule has 0 saturated carbocycles. The van der Waals surface area contributed by atoms with Crippen molar-refractivity contribution in [1.29, 1.82) is 0 Å². The van der Waals surface area contributed by atoms with Crippen molar-refractivity contribution in [2.75, 3.05) is 6.54 Å². The molecule has 20 heavy (non-hydrogen) atoms. The summed E-state index contributed by atoms with van der Waals surface area (Å²) in [6.07, 6.45) is 10.7. The van der Waals surface area contributed by atoms with Crippen molar-refractivity contribution in [3.8, 4) is 0 Å². The average Bonchev–Trinajstić information content (AvgIpc) is 2.94. The highest BCUT2D eigenvalue weighted by Crippen LogP contribution is 2.23. The number of likely N-dealkylation sites (tertiary alicyclic amines) is 1. The number of pyridine rings is 2. The first-order chi connectivity index (χ1) is 9.92. The Morgan fingerprint density at radius 3 is 2.80 bits per heavy atom. The monoisotopic (exact) mass is 267 g/mol. The minimum Gasteiger partial charge on any atom is -0.295 e. The first kappa shape index (κ1) is 13.3. The van der Waals surface area contributed by atoms with Crippen molar-refractivity contribution in [3.63, 3.8) is 0 Å². The van der Waals surface area contributed by atoms with Crippen LogP contribution >= 0.6 is 0 Å². The summed E-state index contributed by atoms with van der Waals surface area (Å²) in [7, 11) is 0. The Bertz CT molecular complexity index is 512. The molecule has 0 radical (unpaired) electrons. The second kappa shape index (κ2) is 6.62. The van der Waals surface area contributed by atoms with E-state index in [0.717, 1.165) is 13.0 Å². The first-order valence-electron chi connectivity index (χ1n) is 7.45. The Morgan fingerprint density at radius 2 is 2.00 bits per heavy atom. The fourth-order valence-corrected chi connectivity index (χ4v) is 3.01. The number of hydrogen-bond acceptors (Lipinski definition) is 3. The molecule has 0 amide bonds. The molecule has 1 fully saturated rings. The Labute approximate surface area is 120 Å². The maximum absolute atomic E-state index is 4.45. The molecule has 2 aromatic heterocycles. The van der Waals surface area contributed by atoms with Crippen LogP contribution in [0, 0.1) is 0 Å². The van der Waals surface area contributed by atoms with Gasteiger partial charge in [-0.1, -0.05) is 6.07 Å². The van der Waals surface area contributed by atoms with Crippen molar-refractivity contribution in [2.24, 2.45) is 0 Å².